The third kappa shape index (κ3) is 15.6. The van der Waals surface area contributed by atoms with Gasteiger partial charge in [0.2, 0.25) is 0 Å². The number of furan rings is 3. The van der Waals surface area contributed by atoms with Crippen LogP contribution in [-0.2, 0) is 0 Å². The fraction of sp³-hybridized carbons (Fsp3) is 0. The van der Waals surface area contributed by atoms with Crippen LogP contribution in [-0.4, -0.2) is 0 Å². The lowest BCUT2D eigenvalue weighted by Gasteiger charge is -2.18. The SMILES string of the molecule is [2H]c1c([2H])c([2H])c2c(-c3ccc4oc5cc(-c6ccccc6-c6ccccc6)ccc5c4c3)c3c([2H])c([2H])c([2H])c([2H])c3c(-c3ccccc3)c2c1[2H].[2H]c1c([2H])c([2H])c2c(-c3ccc4oc5ccc(-c6cc(-c7ccccc7)ccc6-c6ccccc6)cc5c4c3)c3c([2H])c([2H])c([2H])c([2H])c3c(-c3ccccc3)c2c1[2H].[2H]c1c([2H])c([2H])c2c(-c3ccc4oc5cccc(-c6cccc(-c7ccccc7)c6-c6ccccc6)c5c4c3)c3c([2H])c([2H])c([2H])c([2H])c3c(-c3ccccc3)c2c1[2H]. The Bertz CT molecular complexity index is 11500. The van der Waals surface area contributed by atoms with Gasteiger partial charge in [0, 0.05) is 32.3 Å². The highest BCUT2D eigenvalue weighted by Crippen LogP contribution is 2.53. The third-order valence-corrected chi connectivity index (χ3v) is 28.0. The molecule has 29 rings (SSSR count). The Kier molecular flexibility index (Phi) is 16.5. The molecule has 0 aliphatic carbocycles. The minimum absolute atomic E-state index is 0.168. The first-order valence-electron chi connectivity index (χ1n) is 60.5. The Labute approximate surface area is 885 Å². The van der Waals surface area contributed by atoms with Gasteiger partial charge < -0.3 is 13.3 Å². The normalized spacial score (nSPS) is 13.8. The topological polar surface area (TPSA) is 39.4 Å². The van der Waals surface area contributed by atoms with E-state index < -0.39 is 72.5 Å². The van der Waals surface area contributed by atoms with Crippen molar-refractivity contribution >= 4 is 130 Å². The van der Waals surface area contributed by atoms with E-state index >= 15 is 0 Å². The van der Waals surface area contributed by atoms with Crippen LogP contribution in [0.2, 0.25) is 0 Å². The zero-order valence-electron chi connectivity index (χ0n) is 102. The molecule has 3 nitrogen and oxygen atoms in total. The molecule has 686 valence electrons. The highest BCUT2D eigenvalue weighted by atomic mass is 16.3. The zero-order chi connectivity index (χ0) is 118. The molecular weight excluding hydrogens is 1780 g/mol. The van der Waals surface area contributed by atoms with Crippen LogP contribution in [0.3, 0.4) is 0 Å². The van der Waals surface area contributed by atoms with Crippen LogP contribution in [0.25, 0.3) is 286 Å². The Balaban J connectivity index is 0.000000122. The molecule has 0 aliphatic rings. The maximum absolute atomic E-state index is 9.38. The van der Waals surface area contributed by atoms with Crippen LogP contribution in [0, 0.1) is 0 Å². The lowest BCUT2D eigenvalue weighted by atomic mass is 9.85. The molecule has 26 aromatic carbocycles. The molecule has 29 aromatic rings. The van der Waals surface area contributed by atoms with Gasteiger partial charge in [-0.05, 0) is 293 Å². The molecule has 0 saturated carbocycles. The highest BCUT2D eigenvalue weighted by molar-refractivity contribution is 6.27. The standard InChI is InChI=1S/2C50H32O.C44H28O/c1-4-16-33(17-5-1)37-26-14-27-42(47(37)34-18-6-2-7-19-34)43-28-15-29-46-50(43)44-32-36(30-31-45(44)51-46)49-40-24-12-10-22-38(40)48(35-20-8-3-9-21-35)39-23-11-13-25-41(39)49;1-4-14-33(15-5-1)36-24-27-39(34-16-6-2-7-17-34)44(30-36)37-25-28-47-45(31-37)46-32-38(26-29-48(46)51-47)50-42-22-12-10-20-40(42)49(35-18-8-3-9-19-35)41-21-11-13-23-43(41)50;1-3-13-29(14-4-1)33-17-7-8-18-34(33)31-23-25-35-40-27-32(24-26-41(40)45-42(35)28-31)44-38-21-11-9-19-36(38)43(30-15-5-2-6-16-30)37-20-10-12-22-39(37)44/h2*1-32H;1-28H/i10D,11D,12D,13D,22D,23D,24D,25D;10D,11D,12D,13D,20D,21D,22D,23D;9D,10D,11D,12D,19D,20D,21D,22D. The summed E-state index contributed by atoms with van der Waals surface area (Å²) in [6.07, 6.45) is 0. The summed E-state index contributed by atoms with van der Waals surface area (Å²) in [6, 6.07) is 125. The van der Waals surface area contributed by atoms with Crippen molar-refractivity contribution in [3.63, 3.8) is 0 Å². The minimum atomic E-state index is -0.438. The first-order chi connectivity index (χ1) is 82.9. The Morgan fingerprint density at radius 3 is 0.769 bits per heavy atom. The van der Waals surface area contributed by atoms with E-state index in [-0.39, 0.29) is 137 Å². The van der Waals surface area contributed by atoms with Gasteiger partial charge in [0.05, 0.1) is 32.9 Å². The monoisotopic (exact) mass is 1890 g/mol. The second-order valence-corrected chi connectivity index (χ2v) is 36.3. The van der Waals surface area contributed by atoms with E-state index in [4.69, 9.17) is 32.4 Å². The fourth-order valence-corrected chi connectivity index (χ4v) is 21.4. The molecule has 0 aliphatic heterocycles. The number of hydrogen-bond donors (Lipinski definition) is 0. The Morgan fingerprint density at radius 1 is 0.116 bits per heavy atom. The Morgan fingerprint density at radius 2 is 0.367 bits per heavy atom. The molecule has 3 heteroatoms. The van der Waals surface area contributed by atoms with Gasteiger partial charge in [-0.2, -0.15) is 0 Å². The van der Waals surface area contributed by atoms with Gasteiger partial charge >= 0.3 is 0 Å². The summed E-state index contributed by atoms with van der Waals surface area (Å²) < 4.78 is 235. The summed E-state index contributed by atoms with van der Waals surface area (Å²) in [4.78, 5) is 0. The summed E-state index contributed by atoms with van der Waals surface area (Å²) in [5.41, 5.74) is 25.6. The van der Waals surface area contributed by atoms with Crippen LogP contribution in [0.15, 0.2) is 571 Å². The van der Waals surface area contributed by atoms with E-state index in [0.29, 0.717) is 100 Å². The van der Waals surface area contributed by atoms with Gasteiger partial charge in [0.1, 0.15) is 33.5 Å². The molecule has 3 aromatic heterocycles. The molecule has 0 saturated heterocycles. The quantitative estimate of drug-likeness (QED) is 0.102. The first-order valence-corrected chi connectivity index (χ1v) is 48.5. The number of benzene rings is 26. The van der Waals surface area contributed by atoms with E-state index in [1.54, 1.807) is 91.0 Å². The molecule has 147 heavy (non-hydrogen) atoms. The maximum Gasteiger partial charge on any atom is 0.136 e. The van der Waals surface area contributed by atoms with Crippen LogP contribution >= 0.6 is 0 Å². The average Bonchev–Trinajstić information content (AvgIpc) is 1.29. The van der Waals surface area contributed by atoms with E-state index in [1.165, 1.54) is 0 Å². The molecule has 0 N–H and O–H groups in total. The molecular formula is C144H92O3. The highest BCUT2D eigenvalue weighted by Gasteiger charge is 2.27. The van der Waals surface area contributed by atoms with Gasteiger partial charge in [-0.1, -0.05) is 485 Å². The van der Waals surface area contributed by atoms with Gasteiger partial charge in [-0.3, -0.25) is 0 Å². The van der Waals surface area contributed by atoms with E-state index in [9.17, 15) is 13.7 Å². The van der Waals surface area contributed by atoms with Crippen LogP contribution in [0.1, 0.15) is 32.9 Å². The van der Waals surface area contributed by atoms with E-state index in [2.05, 4.69) is 133 Å². The van der Waals surface area contributed by atoms with E-state index in [0.717, 1.165) is 121 Å². The molecule has 0 atom stereocenters. The summed E-state index contributed by atoms with van der Waals surface area (Å²) in [5, 5.41) is 6.88. The largest absolute Gasteiger partial charge is 0.456 e. The number of fused-ring (bicyclic) bond motifs is 15. The summed E-state index contributed by atoms with van der Waals surface area (Å²) in [7, 11) is 0. The summed E-state index contributed by atoms with van der Waals surface area (Å²) >= 11 is 0. The lowest BCUT2D eigenvalue weighted by Crippen LogP contribution is -1.91. The molecule has 3 heterocycles. The van der Waals surface area contributed by atoms with Crippen LogP contribution in [0.5, 0.6) is 0 Å². The molecule has 0 spiro atoms. The Hall–Kier alpha value is -19.3. The number of hydrogen-bond acceptors (Lipinski definition) is 3. The fourth-order valence-electron chi connectivity index (χ4n) is 21.4. The second kappa shape index (κ2) is 37.3. The maximum atomic E-state index is 9.38. The lowest BCUT2D eigenvalue weighted by molar-refractivity contribution is 0.668. The predicted molar refractivity (Wildman–Crippen MR) is 622 cm³/mol. The van der Waals surface area contributed by atoms with Crippen LogP contribution in [0.4, 0.5) is 0 Å². The van der Waals surface area contributed by atoms with Gasteiger partial charge in [0.25, 0.3) is 0 Å². The van der Waals surface area contributed by atoms with Crippen molar-refractivity contribution in [3.8, 4) is 156 Å². The van der Waals surface area contributed by atoms with Gasteiger partial charge in [0.15, 0.2) is 0 Å². The molecule has 0 radical (unpaired) electrons. The predicted octanol–water partition coefficient (Wildman–Crippen LogP) is 41.0. The van der Waals surface area contributed by atoms with E-state index in [1.807, 2.05) is 188 Å². The summed E-state index contributed by atoms with van der Waals surface area (Å²) in [5.74, 6) is 0. The van der Waals surface area contributed by atoms with Crippen molar-refractivity contribution in [2.24, 2.45) is 0 Å². The molecule has 0 unspecified atom stereocenters. The van der Waals surface area contributed by atoms with Crippen molar-refractivity contribution in [2.45, 2.75) is 0 Å². The zero-order valence-corrected chi connectivity index (χ0v) is 78.5. The van der Waals surface area contributed by atoms with Crippen molar-refractivity contribution < 1.29 is 46.1 Å². The molecule has 0 amide bonds. The molecule has 0 fully saturated rings. The van der Waals surface area contributed by atoms with Gasteiger partial charge in [-0.25, -0.2) is 0 Å². The van der Waals surface area contributed by atoms with Crippen LogP contribution < -0.4 is 0 Å². The average molecular weight is 1890 g/mol. The number of rotatable bonds is 14. The van der Waals surface area contributed by atoms with Crippen molar-refractivity contribution in [1.82, 2.24) is 0 Å². The summed E-state index contributed by atoms with van der Waals surface area (Å²) in [6.45, 7) is 0. The minimum Gasteiger partial charge on any atom is -0.456 e. The van der Waals surface area contributed by atoms with Crippen molar-refractivity contribution in [2.75, 3.05) is 0 Å². The van der Waals surface area contributed by atoms with Gasteiger partial charge in [-0.15, -0.1) is 0 Å². The third-order valence-electron chi connectivity index (χ3n) is 28.0. The first kappa shape index (κ1) is 64.9. The second-order valence-electron chi connectivity index (χ2n) is 36.3. The van der Waals surface area contributed by atoms with Crippen molar-refractivity contribution in [3.05, 3.63) is 558 Å². The molecule has 0 bridgehead atoms. The van der Waals surface area contributed by atoms with Crippen molar-refractivity contribution in [1.29, 1.82) is 0 Å². The smallest absolute Gasteiger partial charge is 0.136 e.